The van der Waals surface area contributed by atoms with Crippen LogP contribution in [0.2, 0.25) is 5.02 Å². The van der Waals surface area contributed by atoms with Gasteiger partial charge in [-0.2, -0.15) is 0 Å². The van der Waals surface area contributed by atoms with Crippen LogP contribution in [0.3, 0.4) is 0 Å². The summed E-state index contributed by atoms with van der Waals surface area (Å²) in [6.45, 7) is 1.46. The Labute approximate surface area is 124 Å². The van der Waals surface area contributed by atoms with E-state index in [1.54, 1.807) is 17.0 Å². The van der Waals surface area contributed by atoms with E-state index in [1.165, 1.54) is 0 Å². The van der Waals surface area contributed by atoms with E-state index in [2.05, 4.69) is 0 Å². The van der Waals surface area contributed by atoms with Gasteiger partial charge >= 0.3 is 0 Å². The van der Waals surface area contributed by atoms with Crippen molar-refractivity contribution >= 4 is 17.5 Å². The summed E-state index contributed by atoms with van der Waals surface area (Å²) in [7, 11) is 1.81. The van der Waals surface area contributed by atoms with Crippen molar-refractivity contribution in [3.05, 3.63) is 29.3 Å². The first kappa shape index (κ1) is 15.1. The molecule has 0 aromatic heterocycles. The number of likely N-dealkylation sites (N-methyl/N-ethyl adjacent to an activating group) is 1. The number of halogens is 1. The molecule has 110 valence electrons. The van der Waals surface area contributed by atoms with E-state index >= 15 is 0 Å². The molecule has 1 aromatic rings. The Balaban J connectivity index is 1.78. The normalized spacial score (nSPS) is 16.4. The Morgan fingerprint density at radius 3 is 2.55 bits per heavy atom. The van der Waals surface area contributed by atoms with Crippen LogP contribution in [-0.4, -0.2) is 37.6 Å². The highest BCUT2D eigenvalue weighted by molar-refractivity contribution is 6.30. The topological polar surface area (TPSA) is 55.6 Å². The number of hydrogen-bond donors (Lipinski definition) is 1. The fourth-order valence-corrected chi connectivity index (χ4v) is 2.57. The highest BCUT2D eigenvalue weighted by atomic mass is 35.5. The Bertz CT molecular complexity index is 452. The Morgan fingerprint density at radius 2 is 2.05 bits per heavy atom. The van der Waals surface area contributed by atoms with Gasteiger partial charge in [0, 0.05) is 18.6 Å². The van der Waals surface area contributed by atoms with Gasteiger partial charge in [-0.1, -0.05) is 18.0 Å². The zero-order chi connectivity index (χ0) is 14.6. The third kappa shape index (κ3) is 3.25. The number of ether oxygens (including phenoxy) is 1. The fourth-order valence-electron chi connectivity index (χ4n) is 2.45. The van der Waals surface area contributed by atoms with Crippen molar-refractivity contribution < 1.29 is 9.53 Å². The second kappa shape index (κ2) is 6.46. The molecule has 4 nitrogen and oxygen atoms in total. The van der Waals surface area contributed by atoms with Gasteiger partial charge in [0.15, 0.2) is 0 Å². The molecule has 0 aliphatic heterocycles. The van der Waals surface area contributed by atoms with Crippen molar-refractivity contribution in [2.75, 3.05) is 26.7 Å². The summed E-state index contributed by atoms with van der Waals surface area (Å²) in [5, 5.41) is 0.680. The maximum atomic E-state index is 12.3. The highest BCUT2D eigenvalue weighted by Crippen LogP contribution is 2.41. The van der Waals surface area contributed by atoms with Crippen molar-refractivity contribution in [3.8, 4) is 5.75 Å². The quantitative estimate of drug-likeness (QED) is 0.876. The average Bonchev–Trinajstić information content (AvgIpc) is 2.40. The minimum absolute atomic E-state index is 0.144. The molecular weight excluding hydrogens is 276 g/mol. The van der Waals surface area contributed by atoms with Crippen LogP contribution < -0.4 is 10.5 Å². The summed E-state index contributed by atoms with van der Waals surface area (Å²) < 4.78 is 5.60. The van der Waals surface area contributed by atoms with E-state index in [0.717, 1.165) is 25.0 Å². The summed E-state index contributed by atoms with van der Waals surface area (Å²) in [4.78, 5) is 14.1. The number of nitrogens with zero attached hydrogens (tertiary/aromatic N) is 1. The zero-order valence-corrected chi connectivity index (χ0v) is 12.5. The Morgan fingerprint density at radius 1 is 1.40 bits per heavy atom. The molecule has 0 bridgehead atoms. The average molecular weight is 297 g/mol. The first-order chi connectivity index (χ1) is 9.57. The SMILES string of the molecule is CN(CCOc1ccc(Cl)cc1)C(=O)C1(CN)CCC1. The van der Waals surface area contributed by atoms with Crippen LogP contribution in [0.5, 0.6) is 5.75 Å². The lowest BCUT2D eigenvalue weighted by molar-refractivity contribution is -0.145. The maximum Gasteiger partial charge on any atom is 0.229 e. The predicted octanol–water partition coefficient (Wildman–Crippen LogP) is 2.31. The van der Waals surface area contributed by atoms with Crippen LogP contribution >= 0.6 is 11.6 Å². The minimum atomic E-state index is -0.310. The van der Waals surface area contributed by atoms with Crippen molar-refractivity contribution in [3.63, 3.8) is 0 Å². The molecule has 1 aliphatic carbocycles. The summed E-state index contributed by atoms with van der Waals surface area (Å²) in [6.07, 6.45) is 2.91. The molecule has 0 atom stereocenters. The summed E-state index contributed by atoms with van der Waals surface area (Å²) >= 11 is 5.81. The van der Waals surface area contributed by atoms with Gasteiger partial charge in [0.05, 0.1) is 12.0 Å². The summed E-state index contributed by atoms with van der Waals surface area (Å²) in [5.74, 6) is 0.901. The van der Waals surface area contributed by atoms with Crippen LogP contribution in [0, 0.1) is 5.41 Å². The molecule has 2 N–H and O–H groups in total. The zero-order valence-electron chi connectivity index (χ0n) is 11.8. The lowest BCUT2D eigenvalue weighted by Crippen LogP contribution is -2.51. The van der Waals surface area contributed by atoms with Crippen LogP contribution in [-0.2, 0) is 4.79 Å². The number of carbonyl (C=O) groups excluding carboxylic acids is 1. The van der Waals surface area contributed by atoms with Gasteiger partial charge in [-0.3, -0.25) is 4.79 Å². The molecule has 1 aliphatic rings. The van der Waals surface area contributed by atoms with E-state index in [1.807, 2.05) is 19.2 Å². The molecule has 1 fully saturated rings. The molecule has 0 radical (unpaired) electrons. The van der Waals surface area contributed by atoms with Gasteiger partial charge in [0.25, 0.3) is 0 Å². The van der Waals surface area contributed by atoms with Gasteiger partial charge < -0.3 is 15.4 Å². The third-order valence-corrected chi connectivity index (χ3v) is 4.26. The highest BCUT2D eigenvalue weighted by Gasteiger charge is 2.44. The van der Waals surface area contributed by atoms with Gasteiger partial charge in [-0.15, -0.1) is 0 Å². The van der Waals surface area contributed by atoms with Gasteiger partial charge in [0.1, 0.15) is 12.4 Å². The van der Waals surface area contributed by atoms with E-state index < -0.39 is 0 Å². The number of nitrogens with two attached hydrogens (primary N) is 1. The van der Waals surface area contributed by atoms with Crippen LogP contribution in [0.15, 0.2) is 24.3 Å². The van der Waals surface area contributed by atoms with Crippen molar-refractivity contribution in [2.24, 2.45) is 11.1 Å². The maximum absolute atomic E-state index is 12.3. The molecule has 2 rings (SSSR count). The van der Waals surface area contributed by atoms with Gasteiger partial charge in [-0.25, -0.2) is 0 Å². The van der Waals surface area contributed by atoms with Crippen molar-refractivity contribution in [1.82, 2.24) is 4.90 Å². The number of benzene rings is 1. The van der Waals surface area contributed by atoms with Crippen molar-refractivity contribution in [1.29, 1.82) is 0 Å². The first-order valence-corrected chi connectivity index (χ1v) is 7.29. The fraction of sp³-hybridized carbons (Fsp3) is 0.533. The van der Waals surface area contributed by atoms with E-state index in [4.69, 9.17) is 22.1 Å². The van der Waals surface area contributed by atoms with Crippen molar-refractivity contribution in [2.45, 2.75) is 19.3 Å². The summed E-state index contributed by atoms with van der Waals surface area (Å²) in [6, 6.07) is 7.20. The molecule has 5 heteroatoms. The van der Waals surface area contributed by atoms with E-state index in [9.17, 15) is 4.79 Å². The molecule has 1 amide bonds. The summed E-state index contributed by atoms with van der Waals surface area (Å²) in [5.41, 5.74) is 5.44. The minimum Gasteiger partial charge on any atom is -0.492 e. The van der Waals surface area contributed by atoms with Crippen LogP contribution in [0.4, 0.5) is 0 Å². The van der Waals surface area contributed by atoms with E-state index in [0.29, 0.717) is 24.7 Å². The molecule has 1 saturated carbocycles. The molecule has 0 spiro atoms. The molecule has 0 heterocycles. The standard InChI is InChI=1S/C15H21ClN2O2/c1-18(14(19)15(11-17)7-2-8-15)9-10-20-13-5-3-12(16)4-6-13/h3-6H,2,7-11,17H2,1H3. The Kier molecular flexibility index (Phi) is 4.89. The second-order valence-electron chi connectivity index (χ2n) is 5.37. The molecule has 1 aromatic carbocycles. The number of amides is 1. The van der Waals surface area contributed by atoms with Gasteiger partial charge in [-0.05, 0) is 37.1 Å². The molecule has 0 saturated heterocycles. The second-order valence-corrected chi connectivity index (χ2v) is 5.80. The smallest absolute Gasteiger partial charge is 0.229 e. The lowest BCUT2D eigenvalue weighted by atomic mass is 9.68. The van der Waals surface area contributed by atoms with Crippen LogP contribution in [0.25, 0.3) is 0 Å². The number of carbonyl (C=O) groups is 1. The van der Waals surface area contributed by atoms with Crippen LogP contribution in [0.1, 0.15) is 19.3 Å². The number of hydrogen-bond acceptors (Lipinski definition) is 3. The number of rotatable bonds is 6. The molecular formula is C15H21ClN2O2. The predicted molar refractivity (Wildman–Crippen MR) is 79.9 cm³/mol. The third-order valence-electron chi connectivity index (χ3n) is 4.01. The first-order valence-electron chi connectivity index (χ1n) is 6.91. The molecule has 20 heavy (non-hydrogen) atoms. The largest absolute Gasteiger partial charge is 0.492 e. The van der Waals surface area contributed by atoms with Gasteiger partial charge in [0.2, 0.25) is 5.91 Å². The van der Waals surface area contributed by atoms with E-state index in [-0.39, 0.29) is 11.3 Å². The molecule has 0 unspecified atom stereocenters. The Hall–Kier alpha value is -1.26. The lowest BCUT2D eigenvalue weighted by Gasteiger charge is -2.41. The monoisotopic (exact) mass is 296 g/mol.